The van der Waals surface area contributed by atoms with Gasteiger partial charge in [0.1, 0.15) is 0 Å². The molecule has 3 heteroatoms. The Morgan fingerprint density at radius 2 is 0.556 bits per heavy atom. The van der Waals surface area contributed by atoms with Gasteiger partial charge in [0.25, 0.3) is 0 Å². The molecule has 0 aromatic heterocycles. The van der Waals surface area contributed by atoms with Gasteiger partial charge in [0, 0.05) is 0 Å². The zero-order valence-corrected chi connectivity index (χ0v) is 33.0. The quantitative estimate of drug-likeness (QED) is 0.0489. The summed E-state index contributed by atoms with van der Waals surface area (Å²) in [5.74, 6) is 0.166. The van der Waals surface area contributed by atoms with Crippen molar-refractivity contribution in [1.82, 2.24) is 0 Å². The van der Waals surface area contributed by atoms with Crippen LogP contribution in [-0.2, 0) is 9.32 Å². The van der Waals surface area contributed by atoms with Crippen LogP contribution in [0.3, 0.4) is 0 Å². The van der Waals surface area contributed by atoms with Crippen molar-refractivity contribution in [3.63, 3.8) is 0 Å². The summed E-state index contributed by atoms with van der Waals surface area (Å²) in [6.45, 7) is 9.21. The molecule has 0 spiro atoms. The molecule has 0 heterocycles. The Morgan fingerprint density at radius 3 is 0.822 bits per heavy atom. The monoisotopic (exact) mass is 655 g/mol. The van der Waals surface area contributed by atoms with Gasteiger partial charge in [-0.25, -0.2) is 0 Å². The molecule has 0 aliphatic rings. The van der Waals surface area contributed by atoms with Crippen LogP contribution < -0.4 is 0 Å². The van der Waals surface area contributed by atoms with Crippen molar-refractivity contribution in [3.05, 3.63) is 0 Å². The Labute approximate surface area is 286 Å². The van der Waals surface area contributed by atoms with E-state index in [1.807, 2.05) is 0 Å². The molecule has 2 nitrogen and oxygen atoms in total. The Bertz CT molecular complexity index is 536. The Kier molecular flexibility index (Phi) is 36.6. The third-order valence-electron chi connectivity index (χ3n) is 10.3. The number of hydrogen-bond acceptors (Lipinski definition) is 2. The first kappa shape index (κ1) is 44.9. The molecule has 0 N–H and O–H groups in total. The van der Waals surface area contributed by atoms with Crippen LogP contribution in [0, 0.1) is 0 Å². The molecule has 0 fully saturated rings. The first-order valence-corrected chi connectivity index (χ1v) is 23.9. The van der Waals surface area contributed by atoms with E-state index in [-0.39, 0.29) is 5.97 Å². The van der Waals surface area contributed by atoms with Gasteiger partial charge in [0.2, 0.25) is 0 Å². The fourth-order valence-electron chi connectivity index (χ4n) is 7.14. The van der Waals surface area contributed by atoms with Crippen LogP contribution in [0.2, 0.25) is 0 Å². The van der Waals surface area contributed by atoms with Crippen molar-refractivity contribution in [2.45, 2.75) is 246 Å². The van der Waals surface area contributed by atoms with E-state index in [0.29, 0.717) is 6.42 Å². The summed E-state index contributed by atoms with van der Waals surface area (Å²) in [7, 11) is -2.02. The maximum atomic E-state index is 13.3. The van der Waals surface area contributed by atoms with Gasteiger partial charge in [-0.3, -0.25) is 0 Å². The zero-order valence-electron chi connectivity index (χ0n) is 32.0. The SMILES string of the molecule is CCCCCCCCCCCCCCCCCC(=O)O[PH](CCCCCCCC)(CCCCCCCC)CCCCCCCC. The van der Waals surface area contributed by atoms with Crippen molar-refractivity contribution < 1.29 is 9.32 Å². The second-order valence-corrected chi connectivity index (χ2v) is 19.0. The normalized spacial score (nSPS) is 12.2. The van der Waals surface area contributed by atoms with Gasteiger partial charge in [-0.15, -0.1) is 0 Å². The summed E-state index contributed by atoms with van der Waals surface area (Å²) in [4.78, 5) is 13.3. The maximum absolute atomic E-state index is 13.3. The van der Waals surface area contributed by atoms with E-state index in [0.717, 1.165) is 6.42 Å². The van der Waals surface area contributed by atoms with Crippen molar-refractivity contribution in [1.29, 1.82) is 0 Å². The predicted octanol–water partition coefficient (Wildman–Crippen LogP) is 15.5. The van der Waals surface area contributed by atoms with Gasteiger partial charge in [-0.1, -0.05) is 45.4 Å². The van der Waals surface area contributed by atoms with E-state index in [9.17, 15) is 4.79 Å². The summed E-state index contributed by atoms with van der Waals surface area (Å²) in [6, 6.07) is 0. The first-order valence-electron chi connectivity index (χ1n) is 21.4. The summed E-state index contributed by atoms with van der Waals surface area (Å²) in [5.41, 5.74) is 0. The van der Waals surface area contributed by atoms with Crippen LogP contribution in [0.15, 0.2) is 0 Å². The van der Waals surface area contributed by atoms with Crippen molar-refractivity contribution in [2.24, 2.45) is 0 Å². The van der Waals surface area contributed by atoms with E-state index in [1.165, 1.54) is 224 Å². The Hall–Kier alpha value is -0.100. The second kappa shape index (κ2) is 36.7. The fourth-order valence-corrected chi connectivity index (χ4v) is 11.5. The van der Waals surface area contributed by atoms with E-state index >= 15 is 0 Å². The number of hydrogen-bond donors (Lipinski definition) is 0. The third kappa shape index (κ3) is 32.2. The van der Waals surface area contributed by atoms with Crippen molar-refractivity contribution >= 4 is 13.5 Å². The molecule has 0 saturated carbocycles. The molecule has 0 amide bonds. The molecule has 0 aromatic rings. The average Bonchev–Trinajstić information content (AvgIpc) is 3.04. The van der Waals surface area contributed by atoms with Crippen LogP contribution in [0.1, 0.15) is 246 Å². The molecule has 0 radical (unpaired) electrons. The van der Waals surface area contributed by atoms with E-state index < -0.39 is 7.49 Å². The predicted molar refractivity (Wildman–Crippen MR) is 209 cm³/mol. The molecule has 0 aliphatic heterocycles. The standard InChI is InChI=1S/C42H87O2P/c1-5-9-13-17-21-22-23-24-25-26-27-28-29-30-34-38-42(43)44-45(39-35-31-18-14-10-6-2,40-36-32-19-15-11-7-3)41-37-33-20-16-12-8-4/h45H,5-41H2,1-4H3. The minimum absolute atomic E-state index is 0.166. The summed E-state index contributed by atoms with van der Waals surface area (Å²) in [6.07, 6.45) is 48.9. The number of unbranched alkanes of at least 4 members (excludes halogenated alkanes) is 29. The second-order valence-electron chi connectivity index (χ2n) is 14.9. The Morgan fingerprint density at radius 1 is 0.333 bits per heavy atom. The molecule has 0 saturated heterocycles. The molecular weight excluding hydrogens is 567 g/mol. The molecule has 0 atom stereocenters. The third-order valence-corrected chi connectivity index (χ3v) is 14.7. The molecule has 0 aromatic carbocycles. The molecule has 0 rings (SSSR count). The van der Waals surface area contributed by atoms with Crippen molar-refractivity contribution in [2.75, 3.05) is 18.5 Å². The van der Waals surface area contributed by atoms with Crippen LogP contribution >= 0.6 is 7.49 Å². The van der Waals surface area contributed by atoms with Gasteiger partial charge in [-0.05, 0) is 0 Å². The summed E-state index contributed by atoms with van der Waals surface area (Å²) in [5, 5.41) is 0. The minimum atomic E-state index is -2.02. The van der Waals surface area contributed by atoms with Crippen LogP contribution in [-0.4, -0.2) is 24.5 Å². The summed E-state index contributed by atoms with van der Waals surface area (Å²) < 4.78 is 6.74. The van der Waals surface area contributed by atoms with Crippen LogP contribution in [0.4, 0.5) is 0 Å². The van der Waals surface area contributed by atoms with Crippen molar-refractivity contribution in [3.8, 4) is 0 Å². The average molecular weight is 655 g/mol. The van der Waals surface area contributed by atoms with Gasteiger partial charge >= 0.3 is 242 Å². The number of rotatable bonds is 38. The van der Waals surface area contributed by atoms with Gasteiger partial charge in [-0.2, -0.15) is 0 Å². The topological polar surface area (TPSA) is 26.3 Å². The molecule has 0 aliphatic carbocycles. The molecule has 0 bridgehead atoms. The molecular formula is C42H87O2P. The van der Waals surface area contributed by atoms with Crippen LogP contribution in [0.5, 0.6) is 0 Å². The van der Waals surface area contributed by atoms with E-state index in [1.54, 1.807) is 0 Å². The van der Waals surface area contributed by atoms with Gasteiger partial charge < -0.3 is 0 Å². The number of carbonyl (C=O) groups is 1. The summed E-state index contributed by atoms with van der Waals surface area (Å²) >= 11 is 0. The Balaban J connectivity index is 4.58. The van der Waals surface area contributed by atoms with Gasteiger partial charge in [0.05, 0.1) is 0 Å². The molecule has 45 heavy (non-hydrogen) atoms. The fraction of sp³-hybridized carbons (Fsp3) is 0.976. The first-order chi connectivity index (χ1) is 22.1. The number of carbonyl (C=O) groups excluding carboxylic acids is 1. The van der Waals surface area contributed by atoms with Gasteiger partial charge in [0.15, 0.2) is 0 Å². The van der Waals surface area contributed by atoms with E-state index in [4.69, 9.17) is 4.52 Å². The van der Waals surface area contributed by atoms with E-state index in [2.05, 4.69) is 27.7 Å². The zero-order chi connectivity index (χ0) is 32.9. The van der Waals surface area contributed by atoms with Crippen LogP contribution in [0.25, 0.3) is 0 Å². The molecule has 272 valence electrons. The molecule has 0 unspecified atom stereocenters.